The van der Waals surface area contributed by atoms with Gasteiger partial charge in [-0.3, -0.25) is 0 Å². The fourth-order valence-electron chi connectivity index (χ4n) is 1.61. The zero-order valence-corrected chi connectivity index (χ0v) is 11.8. The minimum atomic E-state index is 0. The van der Waals surface area contributed by atoms with E-state index in [4.69, 9.17) is 0 Å². The summed E-state index contributed by atoms with van der Waals surface area (Å²) in [5.74, 6) is 2.06. The molecule has 0 aromatic heterocycles. The molecule has 18 heavy (non-hydrogen) atoms. The number of nitrogens with one attached hydrogen (secondary N) is 1. The second kappa shape index (κ2) is 9.03. The fourth-order valence-corrected chi connectivity index (χ4v) is 2.38. The molecular formula is C15H18ClNS. The predicted molar refractivity (Wildman–Crippen MR) is 83.1 cm³/mol. The van der Waals surface area contributed by atoms with Gasteiger partial charge in [-0.1, -0.05) is 60.7 Å². The first kappa shape index (κ1) is 15.1. The largest absolute Gasteiger partial charge is 0.304 e. The Morgan fingerprint density at radius 3 is 1.94 bits per heavy atom. The van der Waals surface area contributed by atoms with Gasteiger partial charge in [0.2, 0.25) is 0 Å². The van der Waals surface area contributed by atoms with Crippen molar-refractivity contribution in [1.29, 1.82) is 0 Å². The van der Waals surface area contributed by atoms with E-state index in [1.54, 1.807) is 0 Å². The molecule has 0 fully saturated rings. The van der Waals surface area contributed by atoms with Gasteiger partial charge in [-0.05, 0) is 11.1 Å². The van der Waals surface area contributed by atoms with Crippen molar-refractivity contribution in [1.82, 2.24) is 5.32 Å². The Morgan fingerprint density at radius 1 is 0.778 bits per heavy atom. The van der Waals surface area contributed by atoms with Crippen LogP contribution in [0.15, 0.2) is 60.7 Å². The lowest BCUT2D eigenvalue weighted by Crippen LogP contribution is -2.12. The molecule has 3 heteroatoms. The van der Waals surface area contributed by atoms with Crippen LogP contribution < -0.4 is 5.32 Å². The predicted octanol–water partition coefficient (Wildman–Crippen LogP) is 4.09. The number of halogens is 1. The van der Waals surface area contributed by atoms with Gasteiger partial charge in [0, 0.05) is 18.2 Å². The van der Waals surface area contributed by atoms with Crippen LogP contribution in [0.25, 0.3) is 0 Å². The Morgan fingerprint density at radius 2 is 1.33 bits per heavy atom. The van der Waals surface area contributed by atoms with Crippen molar-refractivity contribution < 1.29 is 0 Å². The van der Waals surface area contributed by atoms with E-state index in [-0.39, 0.29) is 12.4 Å². The van der Waals surface area contributed by atoms with E-state index < -0.39 is 0 Å². The average molecular weight is 280 g/mol. The minimum Gasteiger partial charge on any atom is -0.304 e. The molecule has 1 N–H and O–H groups in total. The summed E-state index contributed by atoms with van der Waals surface area (Å²) in [6.07, 6.45) is 0. The van der Waals surface area contributed by atoms with Gasteiger partial charge in [0.15, 0.2) is 0 Å². The van der Waals surface area contributed by atoms with Crippen LogP contribution in [-0.2, 0) is 12.3 Å². The van der Waals surface area contributed by atoms with Crippen LogP contribution in [0.3, 0.4) is 0 Å². The average Bonchev–Trinajstić information content (AvgIpc) is 2.41. The number of thioether (sulfide) groups is 1. The summed E-state index contributed by atoms with van der Waals surface area (Å²) >= 11 is 1.91. The van der Waals surface area contributed by atoms with Crippen LogP contribution >= 0.6 is 24.2 Å². The highest BCUT2D eigenvalue weighted by atomic mass is 35.5. The highest BCUT2D eigenvalue weighted by Crippen LogP contribution is 2.10. The third-order valence-corrected chi connectivity index (χ3v) is 3.43. The molecular weight excluding hydrogens is 262 g/mol. The second-order valence-corrected chi connectivity index (χ2v) is 4.88. The molecule has 0 atom stereocenters. The Kier molecular flexibility index (Phi) is 7.58. The molecule has 0 unspecified atom stereocenters. The van der Waals surface area contributed by atoms with E-state index in [0.717, 1.165) is 18.2 Å². The monoisotopic (exact) mass is 279 g/mol. The van der Waals surface area contributed by atoms with Gasteiger partial charge in [0.1, 0.15) is 0 Å². The highest BCUT2D eigenvalue weighted by molar-refractivity contribution is 7.98. The van der Waals surface area contributed by atoms with Crippen molar-refractivity contribution in [3.63, 3.8) is 0 Å². The first-order valence-electron chi connectivity index (χ1n) is 5.81. The lowest BCUT2D eigenvalue weighted by atomic mass is 10.2. The van der Waals surface area contributed by atoms with Gasteiger partial charge in [-0.25, -0.2) is 0 Å². The molecule has 2 aromatic carbocycles. The van der Waals surface area contributed by atoms with Crippen molar-refractivity contribution in [2.75, 3.05) is 5.88 Å². The van der Waals surface area contributed by atoms with Crippen molar-refractivity contribution in [3.05, 3.63) is 71.8 Å². The first-order chi connectivity index (χ1) is 8.45. The summed E-state index contributed by atoms with van der Waals surface area (Å²) in [6, 6.07) is 21.1. The van der Waals surface area contributed by atoms with Gasteiger partial charge in [-0.15, -0.1) is 24.2 Å². The molecule has 96 valence electrons. The Labute approximate surface area is 119 Å². The standard InChI is InChI=1S/C15H17NS.ClH/c1-3-7-14(8-4-1)11-16-13-17-12-15-9-5-2-6-10-15;/h1-10,16H,11-13H2;1H. The molecule has 0 bridgehead atoms. The van der Waals surface area contributed by atoms with E-state index in [1.165, 1.54) is 11.1 Å². The van der Waals surface area contributed by atoms with Gasteiger partial charge in [-0.2, -0.15) is 0 Å². The molecule has 0 aliphatic rings. The van der Waals surface area contributed by atoms with Crippen LogP contribution in [0.1, 0.15) is 11.1 Å². The van der Waals surface area contributed by atoms with Crippen molar-refractivity contribution in [3.8, 4) is 0 Å². The van der Waals surface area contributed by atoms with E-state index in [0.29, 0.717) is 0 Å². The zero-order valence-electron chi connectivity index (χ0n) is 10.2. The van der Waals surface area contributed by atoms with Crippen LogP contribution in [0.5, 0.6) is 0 Å². The molecule has 0 spiro atoms. The van der Waals surface area contributed by atoms with Crippen molar-refractivity contribution in [2.45, 2.75) is 12.3 Å². The maximum Gasteiger partial charge on any atom is 0.0423 e. The summed E-state index contributed by atoms with van der Waals surface area (Å²) in [4.78, 5) is 0. The van der Waals surface area contributed by atoms with E-state index in [2.05, 4.69) is 59.9 Å². The first-order valence-corrected chi connectivity index (χ1v) is 6.97. The van der Waals surface area contributed by atoms with E-state index >= 15 is 0 Å². The summed E-state index contributed by atoms with van der Waals surface area (Å²) in [6.45, 7) is 0.947. The van der Waals surface area contributed by atoms with Crippen LogP contribution in [0.4, 0.5) is 0 Å². The third-order valence-electron chi connectivity index (χ3n) is 2.49. The molecule has 0 radical (unpaired) electrons. The highest BCUT2D eigenvalue weighted by Gasteiger charge is 1.93. The maximum atomic E-state index is 3.43. The Balaban J connectivity index is 0.00000162. The maximum absolute atomic E-state index is 3.43. The summed E-state index contributed by atoms with van der Waals surface area (Å²) in [7, 11) is 0. The summed E-state index contributed by atoms with van der Waals surface area (Å²) < 4.78 is 0. The topological polar surface area (TPSA) is 12.0 Å². The number of benzene rings is 2. The van der Waals surface area contributed by atoms with E-state index in [1.807, 2.05) is 17.8 Å². The van der Waals surface area contributed by atoms with Crippen LogP contribution in [0.2, 0.25) is 0 Å². The molecule has 2 aromatic rings. The summed E-state index contributed by atoms with van der Waals surface area (Å²) in [5, 5.41) is 3.43. The molecule has 0 aliphatic carbocycles. The zero-order chi connectivity index (χ0) is 11.8. The molecule has 2 rings (SSSR count). The fraction of sp³-hybridized carbons (Fsp3) is 0.200. The molecule has 0 saturated carbocycles. The number of rotatable bonds is 6. The quantitative estimate of drug-likeness (QED) is 0.631. The van der Waals surface area contributed by atoms with Gasteiger partial charge >= 0.3 is 0 Å². The SMILES string of the molecule is Cl.c1ccc(CNCSCc2ccccc2)cc1. The van der Waals surface area contributed by atoms with Gasteiger partial charge in [0.05, 0.1) is 0 Å². The van der Waals surface area contributed by atoms with Gasteiger partial charge in [0.25, 0.3) is 0 Å². The normalized spacial score (nSPS) is 9.78. The minimum absolute atomic E-state index is 0. The molecule has 0 heterocycles. The molecule has 1 nitrogen and oxygen atoms in total. The smallest absolute Gasteiger partial charge is 0.0423 e. The molecule has 0 aliphatic heterocycles. The number of hydrogen-bond donors (Lipinski definition) is 1. The number of hydrogen-bond acceptors (Lipinski definition) is 2. The van der Waals surface area contributed by atoms with Crippen molar-refractivity contribution >= 4 is 24.2 Å². The van der Waals surface area contributed by atoms with E-state index in [9.17, 15) is 0 Å². The Hall–Kier alpha value is -0.960. The second-order valence-electron chi connectivity index (χ2n) is 3.89. The lowest BCUT2D eigenvalue weighted by molar-refractivity contribution is 0.796. The van der Waals surface area contributed by atoms with Gasteiger partial charge < -0.3 is 5.32 Å². The van der Waals surface area contributed by atoms with Crippen LogP contribution in [-0.4, -0.2) is 5.88 Å². The molecule has 0 saturated heterocycles. The Bertz CT molecular complexity index is 378. The van der Waals surface area contributed by atoms with Crippen LogP contribution in [0, 0.1) is 0 Å². The summed E-state index contributed by atoms with van der Waals surface area (Å²) in [5.41, 5.74) is 2.73. The third kappa shape index (κ3) is 5.58. The molecule has 0 amide bonds. The van der Waals surface area contributed by atoms with Crippen molar-refractivity contribution in [2.24, 2.45) is 0 Å². The lowest BCUT2D eigenvalue weighted by Gasteiger charge is -2.04.